The van der Waals surface area contributed by atoms with Crippen LogP contribution in [0, 0.1) is 0 Å². The number of nitrogens with zero attached hydrogens (tertiary/aromatic N) is 1. The summed E-state index contributed by atoms with van der Waals surface area (Å²) >= 11 is 0. The second-order valence-electron chi connectivity index (χ2n) is 5.94. The Morgan fingerprint density at radius 3 is 1.86 bits per heavy atom. The summed E-state index contributed by atoms with van der Waals surface area (Å²) < 4.78 is 26.8. The Kier molecular flexibility index (Phi) is 5.92. The van der Waals surface area contributed by atoms with Crippen molar-refractivity contribution in [3.63, 3.8) is 0 Å². The molecule has 152 valence electrons. The zero-order valence-corrected chi connectivity index (χ0v) is 16.9. The third-order valence-corrected chi connectivity index (χ3v) is 4.35. The molecular weight excluding hydrogens is 376 g/mol. The Morgan fingerprint density at radius 2 is 1.38 bits per heavy atom. The van der Waals surface area contributed by atoms with Crippen LogP contribution in [0.4, 0.5) is 0 Å². The van der Waals surface area contributed by atoms with Crippen LogP contribution in [-0.4, -0.2) is 47.3 Å². The van der Waals surface area contributed by atoms with Crippen molar-refractivity contribution in [1.82, 2.24) is 5.32 Å². The molecule has 2 aromatic rings. The first-order chi connectivity index (χ1) is 14.1. The highest BCUT2D eigenvalue weighted by atomic mass is 16.5. The zero-order chi connectivity index (χ0) is 21.0. The lowest BCUT2D eigenvalue weighted by Gasteiger charge is -2.12. The van der Waals surface area contributed by atoms with Crippen molar-refractivity contribution < 1.29 is 28.5 Å². The van der Waals surface area contributed by atoms with E-state index in [1.165, 1.54) is 21.3 Å². The lowest BCUT2D eigenvalue weighted by molar-refractivity contribution is -0.115. The molecular formula is C21H22N2O6. The summed E-state index contributed by atoms with van der Waals surface area (Å²) in [4.78, 5) is 17.0. The molecule has 1 N–H and O–H groups in total. The van der Waals surface area contributed by atoms with Crippen molar-refractivity contribution in [2.24, 2.45) is 4.99 Å². The summed E-state index contributed by atoms with van der Waals surface area (Å²) in [6, 6.07) is 8.81. The smallest absolute Gasteiger partial charge is 0.275 e. The molecule has 29 heavy (non-hydrogen) atoms. The largest absolute Gasteiger partial charge is 0.496 e. The summed E-state index contributed by atoms with van der Waals surface area (Å²) in [6.07, 6.45) is 1.63. The fraction of sp³-hybridized carbons (Fsp3) is 0.238. The number of nitrogens with one attached hydrogen (secondary N) is 1. The molecule has 3 rings (SSSR count). The molecule has 0 unspecified atom stereocenters. The van der Waals surface area contributed by atoms with Gasteiger partial charge >= 0.3 is 0 Å². The van der Waals surface area contributed by atoms with E-state index in [0.29, 0.717) is 45.7 Å². The van der Waals surface area contributed by atoms with Crippen LogP contribution in [-0.2, 0) is 4.79 Å². The predicted molar refractivity (Wildman–Crippen MR) is 108 cm³/mol. The molecule has 1 heterocycles. The van der Waals surface area contributed by atoms with Crippen molar-refractivity contribution in [1.29, 1.82) is 0 Å². The number of amides is 1. The standard InChI is InChI=1S/C21H22N2O6/c1-25-14-7-6-8-15(26-2)18(14)20-22-13(21(24)23-20)9-12-10-16(27-3)19(29-5)17(11-12)28-4/h6-11H,1-5H3,(H,22,23,24)/b13-9+. The Labute approximate surface area is 168 Å². The van der Waals surface area contributed by atoms with E-state index in [4.69, 9.17) is 23.7 Å². The molecule has 8 nitrogen and oxygen atoms in total. The maximum atomic E-state index is 12.5. The van der Waals surface area contributed by atoms with Crippen molar-refractivity contribution in [3.05, 3.63) is 47.2 Å². The first-order valence-electron chi connectivity index (χ1n) is 8.69. The van der Waals surface area contributed by atoms with Crippen LogP contribution in [0.2, 0.25) is 0 Å². The average molecular weight is 398 g/mol. The van der Waals surface area contributed by atoms with Crippen molar-refractivity contribution in [3.8, 4) is 28.7 Å². The van der Waals surface area contributed by atoms with E-state index in [1.54, 1.807) is 50.6 Å². The summed E-state index contributed by atoms with van der Waals surface area (Å²) in [5.41, 5.74) is 1.46. The molecule has 2 aromatic carbocycles. The van der Waals surface area contributed by atoms with E-state index in [1.807, 2.05) is 0 Å². The maximum Gasteiger partial charge on any atom is 0.275 e. The zero-order valence-electron chi connectivity index (χ0n) is 16.9. The normalized spacial score (nSPS) is 14.3. The molecule has 0 spiro atoms. The molecule has 0 fully saturated rings. The number of rotatable bonds is 7. The van der Waals surface area contributed by atoms with Crippen molar-refractivity contribution in [2.75, 3.05) is 35.5 Å². The van der Waals surface area contributed by atoms with E-state index in [-0.39, 0.29) is 11.6 Å². The molecule has 8 heteroatoms. The van der Waals surface area contributed by atoms with Crippen LogP contribution in [0.25, 0.3) is 6.08 Å². The number of benzene rings is 2. The van der Waals surface area contributed by atoms with E-state index < -0.39 is 0 Å². The highest BCUT2D eigenvalue weighted by Crippen LogP contribution is 2.39. The summed E-state index contributed by atoms with van der Waals surface area (Å²) in [6.45, 7) is 0. The molecule has 0 bridgehead atoms. The Hall–Kier alpha value is -3.68. The van der Waals surface area contributed by atoms with Gasteiger partial charge in [-0.25, -0.2) is 4.99 Å². The predicted octanol–water partition coefficient (Wildman–Crippen LogP) is 2.65. The third-order valence-electron chi connectivity index (χ3n) is 4.35. The Balaban J connectivity index is 2.07. The molecule has 0 radical (unpaired) electrons. The van der Waals surface area contributed by atoms with E-state index in [9.17, 15) is 4.79 Å². The molecule has 0 saturated heterocycles. The van der Waals surface area contributed by atoms with Crippen LogP contribution >= 0.6 is 0 Å². The number of carbonyl (C=O) groups excluding carboxylic acids is 1. The highest BCUT2D eigenvalue weighted by Gasteiger charge is 2.26. The van der Waals surface area contributed by atoms with Crippen LogP contribution in [0.1, 0.15) is 11.1 Å². The average Bonchev–Trinajstić information content (AvgIpc) is 3.11. The Bertz CT molecular complexity index is 949. The number of methoxy groups -OCH3 is 5. The number of hydrogen-bond acceptors (Lipinski definition) is 7. The summed E-state index contributed by atoms with van der Waals surface area (Å²) in [5.74, 6) is 2.51. The summed E-state index contributed by atoms with van der Waals surface area (Å²) in [7, 11) is 7.67. The quantitative estimate of drug-likeness (QED) is 0.722. The lowest BCUT2D eigenvalue weighted by Crippen LogP contribution is -2.25. The molecule has 1 aliphatic rings. The number of amidine groups is 1. The number of ether oxygens (including phenoxy) is 5. The van der Waals surface area contributed by atoms with Gasteiger partial charge in [-0.1, -0.05) is 6.07 Å². The van der Waals surface area contributed by atoms with E-state index >= 15 is 0 Å². The van der Waals surface area contributed by atoms with Gasteiger partial charge in [-0.3, -0.25) is 4.79 Å². The minimum Gasteiger partial charge on any atom is -0.496 e. The molecule has 0 aliphatic carbocycles. The van der Waals surface area contributed by atoms with Gasteiger partial charge < -0.3 is 29.0 Å². The molecule has 0 aromatic heterocycles. The first kappa shape index (κ1) is 20.1. The van der Waals surface area contributed by atoms with Gasteiger partial charge in [0.25, 0.3) is 5.91 Å². The molecule has 0 saturated carbocycles. The third kappa shape index (κ3) is 3.82. The topological polar surface area (TPSA) is 87.6 Å². The first-order valence-corrected chi connectivity index (χ1v) is 8.69. The van der Waals surface area contributed by atoms with Gasteiger partial charge in [-0.2, -0.15) is 0 Å². The minimum atomic E-state index is -0.346. The van der Waals surface area contributed by atoms with E-state index in [0.717, 1.165) is 0 Å². The fourth-order valence-electron chi connectivity index (χ4n) is 3.01. The number of aliphatic imine (C=N–C) groups is 1. The van der Waals surface area contributed by atoms with E-state index in [2.05, 4.69) is 10.3 Å². The number of hydrogen-bond donors (Lipinski definition) is 1. The molecule has 1 amide bonds. The van der Waals surface area contributed by atoms with Crippen LogP contribution in [0.3, 0.4) is 0 Å². The minimum absolute atomic E-state index is 0.224. The second-order valence-corrected chi connectivity index (χ2v) is 5.94. The van der Waals surface area contributed by atoms with Crippen molar-refractivity contribution >= 4 is 17.8 Å². The molecule has 0 atom stereocenters. The van der Waals surface area contributed by atoms with Gasteiger partial charge in [0, 0.05) is 0 Å². The van der Waals surface area contributed by atoms with Crippen LogP contribution < -0.4 is 29.0 Å². The van der Waals surface area contributed by atoms with Crippen molar-refractivity contribution in [2.45, 2.75) is 0 Å². The molecule has 1 aliphatic heterocycles. The lowest BCUT2D eigenvalue weighted by atomic mass is 10.1. The van der Waals surface area contributed by atoms with Gasteiger partial charge in [0.15, 0.2) is 11.5 Å². The van der Waals surface area contributed by atoms with Gasteiger partial charge in [0.2, 0.25) is 5.75 Å². The van der Waals surface area contributed by atoms with Crippen LogP contribution in [0.5, 0.6) is 28.7 Å². The highest BCUT2D eigenvalue weighted by molar-refractivity contribution is 6.21. The monoisotopic (exact) mass is 398 g/mol. The van der Waals surface area contributed by atoms with Gasteiger partial charge in [0.1, 0.15) is 28.6 Å². The van der Waals surface area contributed by atoms with Gasteiger partial charge in [-0.15, -0.1) is 0 Å². The summed E-state index contributed by atoms with van der Waals surface area (Å²) in [5, 5.41) is 2.77. The van der Waals surface area contributed by atoms with Gasteiger partial charge in [0.05, 0.1) is 35.5 Å². The SMILES string of the molecule is COc1cc(/C=C2/N=C(c3c(OC)cccc3OC)NC2=O)cc(OC)c1OC. The van der Waals surface area contributed by atoms with Crippen LogP contribution in [0.15, 0.2) is 41.0 Å². The number of carbonyl (C=O) groups is 1. The Morgan fingerprint density at radius 1 is 0.828 bits per heavy atom. The van der Waals surface area contributed by atoms with Gasteiger partial charge in [-0.05, 0) is 35.9 Å². The second kappa shape index (κ2) is 8.55. The fourth-order valence-corrected chi connectivity index (χ4v) is 3.01. The maximum absolute atomic E-state index is 12.5.